The molecule has 3 aromatic rings. The zero-order chi connectivity index (χ0) is 14.8. The van der Waals surface area contributed by atoms with Crippen molar-refractivity contribution in [2.24, 2.45) is 0 Å². The number of rotatable bonds is 4. The lowest BCUT2D eigenvalue weighted by Gasteiger charge is -2.09. The van der Waals surface area contributed by atoms with Gasteiger partial charge in [0.15, 0.2) is 5.43 Å². The van der Waals surface area contributed by atoms with Gasteiger partial charge in [0.05, 0.1) is 5.52 Å². The zero-order valence-corrected chi connectivity index (χ0v) is 12.9. The highest BCUT2D eigenvalue weighted by Crippen LogP contribution is 2.17. The van der Waals surface area contributed by atoms with E-state index in [2.05, 4.69) is 15.3 Å². The maximum Gasteiger partial charge on any atom is 0.189 e. The molecule has 108 valence electrons. The van der Waals surface area contributed by atoms with Gasteiger partial charge >= 0.3 is 0 Å². The molecule has 3 rings (SSSR count). The van der Waals surface area contributed by atoms with E-state index in [1.54, 1.807) is 23.6 Å². The molecule has 0 aliphatic rings. The molecule has 2 heterocycles. The maximum atomic E-state index is 12.3. The van der Waals surface area contributed by atoms with Crippen LogP contribution in [-0.4, -0.2) is 9.97 Å². The Morgan fingerprint density at radius 2 is 2.05 bits per heavy atom. The molecule has 0 aliphatic heterocycles. The van der Waals surface area contributed by atoms with E-state index in [-0.39, 0.29) is 5.43 Å². The van der Waals surface area contributed by atoms with Crippen molar-refractivity contribution in [3.05, 3.63) is 61.8 Å². The van der Waals surface area contributed by atoms with Crippen LogP contribution in [0, 0.1) is 13.8 Å². The smallest absolute Gasteiger partial charge is 0.189 e. The number of nitrogens with zero attached hydrogens (tertiary/aromatic N) is 1. The van der Waals surface area contributed by atoms with Crippen LogP contribution in [0.5, 0.6) is 0 Å². The second-order valence-electron chi connectivity index (χ2n) is 5.14. The Bertz CT molecular complexity index is 821. The number of thiazole rings is 1. The van der Waals surface area contributed by atoms with Gasteiger partial charge in [-0.15, -0.1) is 11.3 Å². The van der Waals surface area contributed by atoms with Gasteiger partial charge in [0.2, 0.25) is 0 Å². The van der Waals surface area contributed by atoms with Gasteiger partial charge in [0, 0.05) is 41.8 Å². The van der Waals surface area contributed by atoms with Gasteiger partial charge in [-0.1, -0.05) is 12.1 Å². The molecule has 0 spiro atoms. The Kier molecular flexibility index (Phi) is 3.86. The number of H-pyrrole nitrogens is 1. The lowest BCUT2D eigenvalue weighted by molar-refractivity contribution is 0.678. The van der Waals surface area contributed by atoms with Crippen molar-refractivity contribution in [2.45, 2.75) is 26.9 Å². The van der Waals surface area contributed by atoms with Gasteiger partial charge < -0.3 is 10.3 Å². The number of hydrogen-bond donors (Lipinski definition) is 2. The third kappa shape index (κ3) is 2.89. The van der Waals surface area contributed by atoms with Crippen LogP contribution >= 0.6 is 11.3 Å². The molecule has 0 atom stereocenters. The van der Waals surface area contributed by atoms with E-state index >= 15 is 0 Å². The van der Waals surface area contributed by atoms with Crippen LogP contribution < -0.4 is 10.7 Å². The Morgan fingerprint density at radius 1 is 1.24 bits per heavy atom. The predicted molar refractivity (Wildman–Crippen MR) is 86.7 cm³/mol. The van der Waals surface area contributed by atoms with Crippen LogP contribution in [-0.2, 0) is 13.1 Å². The Balaban J connectivity index is 1.86. The summed E-state index contributed by atoms with van der Waals surface area (Å²) in [5, 5.41) is 7.10. The fourth-order valence-corrected chi connectivity index (χ4v) is 3.04. The van der Waals surface area contributed by atoms with Crippen LogP contribution in [0.3, 0.4) is 0 Å². The van der Waals surface area contributed by atoms with Gasteiger partial charge in [-0.2, -0.15) is 0 Å². The number of hydrogen-bond acceptors (Lipinski definition) is 4. The number of nitrogens with one attached hydrogen (secondary N) is 2. The molecule has 0 saturated heterocycles. The van der Waals surface area contributed by atoms with E-state index in [1.165, 1.54) is 0 Å². The van der Waals surface area contributed by atoms with Crippen molar-refractivity contribution < 1.29 is 0 Å². The largest absolute Gasteiger partial charge is 0.357 e. The fraction of sp³-hybridized carbons (Fsp3) is 0.250. The van der Waals surface area contributed by atoms with Crippen molar-refractivity contribution in [3.8, 4) is 0 Å². The van der Waals surface area contributed by atoms with E-state index < -0.39 is 0 Å². The zero-order valence-electron chi connectivity index (χ0n) is 12.1. The van der Waals surface area contributed by atoms with Gasteiger partial charge in [0.1, 0.15) is 5.01 Å². The number of aromatic nitrogens is 2. The van der Waals surface area contributed by atoms with Crippen molar-refractivity contribution in [2.75, 3.05) is 0 Å². The summed E-state index contributed by atoms with van der Waals surface area (Å²) < 4.78 is 0. The SMILES string of the molecule is Cc1ccc(C)c2c(=O)cc(CNCc3nccs3)[nH]c12. The molecule has 1 aromatic carbocycles. The molecule has 0 unspecified atom stereocenters. The maximum absolute atomic E-state index is 12.3. The fourth-order valence-electron chi connectivity index (χ4n) is 2.46. The van der Waals surface area contributed by atoms with Crippen LogP contribution in [0.1, 0.15) is 21.8 Å². The van der Waals surface area contributed by atoms with Crippen LogP contribution in [0.25, 0.3) is 10.9 Å². The quantitative estimate of drug-likeness (QED) is 0.779. The number of fused-ring (bicyclic) bond motifs is 1. The summed E-state index contributed by atoms with van der Waals surface area (Å²) in [4.78, 5) is 19.9. The molecular formula is C16H17N3OS. The highest BCUT2D eigenvalue weighted by molar-refractivity contribution is 7.09. The molecule has 5 heteroatoms. The van der Waals surface area contributed by atoms with E-state index in [0.29, 0.717) is 13.1 Å². The normalized spacial score (nSPS) is 11.1. The first-order valence-corrected chi connectivity index (χ1v) is 7.74. The van der Waals surface area contributed by atoms with Gasteiger partial charge in [-0.05, 0) is 25.0 Å². The van der Waals surface area contributed by atoms with Crippen LogP contribution in [0.2, 0.25) is 0 Å². The molecule has 0 fully saturated rings. The highest BCUT2D eigenvalue weighted by atomic mass is 32.1. The number of pyridine rings is 1. The third-order valence-electron chi connectivity index (χ3n) is 3.53. The Morgan fingerprint density at radius 3 is 2.81 bits per heavy atom. The first kappa shape index (κ1) is 14.0. The van der Waals surface area contributed by atoms with Gasteiger partial charge in [0.25, 0.3) is 0 Å². The van der Waals surface area contributed by atoms with Crippen molar-refractivity contribution in [1.29, 1.82) is 0 Å². The summed E-state index contributed by atoms with van der Waals surface area (Å²) in [6, 6.07) is 5.72. The molecule has 0 saturated carbocycles. The minimum absolute atomic E-state index is 0.0796. The summed E-state index contributed by atoms with van der Waals surface area (Å²) >= 11 is 1.62. The molecule has 4 nitrogen and oxygen atoms in total. The minimum atomic E-state index is 0.0796. The van der Waals surface area contributed by atoms with Crippen molar-refractivity contribution in [1.82, 2.24) is 15.3 Å². The van der Waals surface area contributed by atoms with E-state index in [4.69, 9.17) is 0 Å². The summed E-state index contributed by atoms with van der Waals surface area (Å²) in [5.41, 5.74) is 4.02. The molecule has 0 aliphatic carbocycles. The molecule has 0 radical (unpaired) electrons. The van der Waals surface area contributed by atoms with Crippen molar-refractivity contribution in [3.63, 3.8) is 0 Å². The molecule has 0 bridgehead atoms. The Labute approximate surface area is 126 Å². The van der Waals surface area contributed by atoms with E-state index in [0.717, 1.165) is 32.7 Å². The lowest BCUT2D eigenvalue weighted by atomic mass is 10.0. The topological polar surface area (TPSA) is 57.8 Å². The minimum Gasteiger partial charge on any atom is -0.357 e. The molecule has 2 aromatic heterocycles. The van der Waals surface area contributed by atoms with Gasteiger partial charge in [-0.25, -0.2) is 4.98 Å². The predicted octanol–water partition coefficient (Wildman–Crippen LogP) is 2.89. The monoisotopic (exact) mass is 299 g/mol. The lowest BCUT2D eigenvalue weighted by Crippen LogP contribution is -2.16. The highest BCUT2D eigenvalue weighted by Gasteiger charge is 2.07. The van der Waals surface area contributed by atoms with Crippen LogP contribution in [0.4, 0.5) is 0 Å². The molecule has 0 amide bonds. The summed E-state index contributed by atoms with van der Waals surface area (Å²) in [6.45, 7) is 5.32. The Hall–Kier alpha value is -1.98. The van der Waals surface area contributed by atoms with Gasteiger partial charge in [-0.3, -0.25) is 4.79 Å². The summed E-state index contributed by atoms with van der Waals surface area (Å²) in [6.07, 6.45) is 1.80. The molecule has 2 N–H and O–H groups in total. The third-order valence-corrected chi connectivity index (χ3v) is 4.31. The van der Waals surface area contributed by atoms with E-state index in [1.807, 2.05) is 31.4 Å². The van der Waals surface area contributed by atoms with E-state index in [9.17, 15) is 4.79 Å². The summed E-state index contributed by atoms with van der Waals surface area (Å²) in [5.74, 6) is 0. The standard InChI is InChI=1S/C16H17N3OS/c1-10-3-4-11(2)16-15(10)13(20)7-12(19-16)8-17-9-14-18-5-6-21-14/h3-7,17H,8-9H2,1-2H3,(H,19,20). The summed E-state index contributed by atoms with van der Waals surface area (Å²) in [7, 11) is 0. The first-order valence-electron chi connectivity index (χ1n) is 6.86. The second kappa shape index (κ2) is 5.79. The number of benzene rings is 1. The first-order chi connectivity index (χ1) is 10.1. The average Bonchev–Trinajstić information content (AvgIpc) is 2.96. The van der Waals surface area contributed by atoms with Crippen molar-refractivity contribution >= 4 is 22.2 Å². The molecule has 21 heavy (non-hydrogen) atoms. The van der Waals surface area contributed by atoms with Crippen LogP contribution in [0.15, 0.2) is 34.6 Å². The number of aromatic amines is 1. The molecular weight excluding hydrogens is 282 g/mol. The average molecular weight is 299 g/mol. The second-order valence-corrected chi connectivity index (χ2v) is 6.12. The number of aryl methyl sites for hydroxylation is 2.